The fourth-order valence-electron chi connectivity index (χ4n) is 5.46. The Bertz CT molecular complexity index is 1820. The number of ether oxygens (including phenoxy) is 3. The van der Waals surface area contributed by atoms with E-state index < -0.39 is 28.4 Å². The van der Waals surface area contributed by atoms with E-state index in [-0.39, 0.29) is 49.0 Å². The lowest BCUT2D eigenvalue weighted by Gasteiger charge is -2.30. The van der Waals surface area contributed by atoms with Crippen molar-refractivity contribution in [3.8, 4) is 11.5 Å². The fourth-order valence-corrected chi connectivity index (χ4v) is 5.46. The van der Waals surface area contributed by atoms with Gasteiger partial charge in [0.2, 0.25) is 11.6 Å². The highest BCUT2D eigenvalue weighted by atomic mass is 16.6. The lowest BCUT2D eigenvalue weighted by Crippen LogP contribution is -2.43. The summed E-state index contributed by atoms with van der Waals surface area (Å²) in [6.07, 6.45) is 2.36. The largest absolute Gasteiger partial charge is 0.497 e. The number of anilines is 1. The van der Waals surface area contributed by atoms with Gasteiger partial charge < -0.3 is 24.6 Å². The Morgan fingerprint density at radius 1 is 0.900 bits per heavy atom. The van der Waals surface area contributed by atoms with E-state index >= 15 is 0 Å². The fraction of sp³-hybridized carbons (Fsp3) is 0.243. The minimum atomic E-state index is -0.783. The molecule has 0 atom stereocenters. The van der Waals surface area contributed by atoms with Crippen molar-refractivity contribution >= 4 is 23.3 Å². The molecule has 0 unspecified atom stereocenters. The molecule has 0 radical (unpaired) electrons. The minimum Gasteiger partial charge on any atom is -0.497 e. The van der Waals surface area contributed by atoms with Crippen molar-refractivity contribution in [2.24, 2.45) is 0 Å². The smallest absolute Gasteiger partial charge is 0.361 e. The predicted octanol–water partition coefficient (Wildman–Crippen LogP) is 6.29. The summed E-state index contributed by atoms with van der Waals surface area (Å²) in [7, 11) is 1.55. The first kappa shape index (κ1) is 35.2. The van der Waals surface area contributed by atoms with E-state index in [2.05, 4.69) is 22.9 Å². The molecule has 1 heterocycles. The van der Waals surface area contributed by atoms with Crippen LogP contribution in [0.5, 0.6) is 11.5 Å². The molecular formula is C37H39N5O8. The molecule has 13 heteroatoms. The third-order valence-electron chi connectivity index (χ3n) is 7.93. The number of esters is 1. The van der Waals surface area contributed by atoms with Crippen LogP contribution in [0, 0.1) is 10.1 Å². The van der Waals surface area contributed by atoms with Crippen LogP contribution in [0.25, 0.3) is 0 Å². The normalized spacial score (nSPS) is 12.7. The zero-order chi connectivity index (χ0) is 35.5. The number of nitro groups is 1. The number of methoxy groups -OCH3 is 1. The van der Waals surface area contributed by atoms with Crippen LogP contribution in [-0.2, 0) is 29.0 Å². The maximum absolute atomic E-state index is 13.3. The second-order valence-corrected chi connectivity index (χ2v) is 11.3. The van der Waals surface area contributed by atoms with E-state index in [1.807, 2.05) is 18.2 Å². The number of amides is 1. The molecule has 0 aliphatic carbocycles. The standard InChI is InChI=1S/C37H39N5O8/c1-3-49-37(45)34-36(44)39-41(40(34)24-27-17-20-30(48-2)21-18-27)25-29-19-22-31(50-23-11-10-14-26-12-6-4-7-13-26)32(33(29)42(46)47)38-35(43)28-15-8-5-9-16-28/h4-9,12-13,15-22,39,44H,3,10-11,14,23-25H2,1-2H3,(H,38,43). The van der Waals surface area contributed by atoms with Crippen LogP contribution in [0.1, 0.15) is 46.8 Å². The number of carbonyl (C=O) groups excluding carboxylic acids is 2. The second-order valence-electron chi connectivity index (χ2n) is 11.3. The first-order valence-electron chi connectivity index (χ1n) is 16.2. The summed E-state index contributed by atoms with van der Waals surface area (Å²) in [5, 5.41) is 29.2. The van der Waals surface area contributed by atoms with Gasteiger partial charge in [0.05, 0.1) is 43.9 Å². The summed E-state index contributed by atoms with van der Waals surface area (Å²) in [6, 6.07) is 28.6. The Morgan fingerprint density at radius 2 is 1.60 bits per heavy atom. The molecule has 260 valence electrons. The van der Waals surface area contributed by atoms with E-state index in [1.54, 1.807) is 74.7 Å². The zero-order valence-corrected chi connectivity index (χ0v) is 27.8. The molecule has 4 aromatic carbocycles. The molecule has 0 fully saturated rings. The molecule has 4 aromatic rings. The molecule has 0 saturated carbocycles. The lowest BCUT2D eigenvalue weighted by molar-refractivity contribution is -0.385. The molecular weight excluding hydrogens is 642 g/mol. The van der Waals surface area contributed by atoms with Gasteiger partial charge in [-0.1, -0.05) is 60.7 Å². The van der Waals surface area contributed by atoms with E-state index in [9.17, 15) is 24.8 Å². The number of nitrogens with one attached hydrogen (secondary N) is 2. The first-order valence-corrected chi connectivity index (χ1v) is 16.2. The average Bonchev–Trinajstić information content (AvgIpc) is 3.43. The van der Waals surface area contributed by atoms with Gasteiger partial charge in [0.15, 0.2) is 5.69 Å². The molecule has 1 aliphatic rings. The third kappa shape index (κ3) is 8.68. The minimum absolute atomic E-state index is 0.0651. The number of hydrogen-bond acceptors (Lipinski definition) is 11. The number of unbranched alkanes of at least 4 members (excludes halogenated alkanes) is 1. The summed E-state index contributed by atoms with van der Waals surface area (Å²) in [6.45, 7) is 1.86. The Kier molecular flexibility index (Phi) is 11.9. The molecule has 1 aliphatic heterocycles. The SMILES string of the molecule is CCOC(=O)C1=C(O)NN(Cc2ccc(OCCCCc3ccccc3)c(NC(=O)c3ccccc3)c2[N+](=O)[O-])N1Cc1ccc(OC)cc1. The monoisotopic (exact) mass is 681 g/mol. The van der Waals surface area contributed by atoms with Crippen molar-refractivity contribution in [2.75, 3.05) is 25.6 Å². The van der Waals surface area contributed by atoms with Crippen molar-refractivity contribution in [1.82, 2.24) is 15.6 Å². The van der Waals surface area contributed by atoms with Gasteiger partial charge in [0.1, 0.15) is 11.5 Å². The highest BCUT2D eigenvalue weighted by Crippen LogP contribution is 2.39. The number of aliphatic hydroxyl groups is 1. The molecule has 13 nitrogen and oxygen atoms in total. The van der Waals surface area contributed by atoms with Gasteiger partial charge in [-0.25, -0.2) is 4.79 Å². The van der Waals surface area contributed by atoms with E-state index in [1.165, 1.54) is 21.8 Å². The molecule has 3 N–H and O–H groups in total. The van der Waals surface area contributed by atoms with Gasteiger partial charge in [-0.2, -0.15) is 0 Å². The molecule has 50 heavy (non-hydrogen) atoms. The van der Waals surface area contributed by atoms with Gasteiger partial charge in [-0.05, 0) is 73.7 Å². The molecule has 0 bridgehead atoms. The summed E-state index contributed by atoms with van der Waals surface area (Å²) in [5.41, 5.74) is 4.49. The lowest BCUT2D eigenvalue weighted by atomic mass is 10.1. The number of nitrogens with zero attached hydrogens (tertiary/aromatic N) is 3. The maximum Gasteiger partial charge on any atom is 0.361 e. The molecule has 0 saturated heterocycles. The molecule has 0 aromatic heterocycles. The van der Waals surface area contributed by atoms with Crippen LogP contribution in [0.4, 0.5) is 11.4 Å². The second kappa shape index (κ2) is 16.8. The zero-order valence-electron chi connectivity index (χ0n) is 27.8. The van der Waals surface area contributed by atoms with Crippen LogP contribution < -0.4 is 20.2 Å². The van der Waals surface area contributed by atoms with Gasteiger partial charge in [0, 0.05) is 5.56 Å². The van der Waals surface area contributed by atoms with Gasteiger partial charge in [-0.3, -0.25) is 25.3 Å². The molecule has 0 spiro atoms. The van der Waals surface area contributed by atoms with Crippen molar-refractivity contribution in [3.05, 3.63) is 141 Å². The summed E-state index contributed by atoms with van der Waals surface area (Å²) < 4.78 is 16.5. The number of aryl methyl sites for hydroxylation is 1. The van der Waals surface area contributed by atoms with Crippen LogP contribution >= 0.6 is 0 Å². The summed E-state index contributed by atoms with van der Waals surface area (Å²) in [4.78, 5) is 38.5. The van der Waals surface area contributed by atoms with Crippen LogP contribution in [0.3, 0.4) is 0 Å². The quantitative estimate of drug-likeness (QED) is 0.0529. The summed E-state index contributed by atoms with van der Waals surface area (Å²) in [5.74, 6) is -1.04. The average molecular weight is 682 g/mol. The molecule has 5 rings (SSSR count). The number of rotatable bonds is 16. The first-order chi connectivity index (χ1) is 24.3. The van der Waals surface area contributed by atoms with Crippen molar-refractivity contribution in [1.29, 1.82) is 0 Å². The van der Waals surface area contributed by atoms with E-state index in [0.717, 1.165) is 18.4 Å². The highest BCUT2D eigenvalue weighted by molar-refractivity contribution is 6.06. The number of carbonyl (C=O) groups is 2. The number of hydrazine groups is 2. The van der Waals surface area contributed by atoms with Crippen LogP contribution in [0.2, 0.25) is 0 Å². The van der Waals surface area contributed by atoms with Gasteiger partial charge in [-0.15, -0.1) is 5.12 Å². The number of hydrogen-bond donors (Lipinski definition) is 3. The van der Waals surface area contributed by atoms with Crippen molar-refractivity contribution in [2.45, 2.75) is 39.3 Å². The molecule has 1 amide bonds. The topological polar surface area (TPSA) is 156 Å². The maximum atomic E-state index is 13.3. The van der Waals surface area contributed by atoms with Gasteiger partial charge in [0.25, 0.3) is 5.91 Å². The third-order valence-corrected chi connectivity index (χ3v) is 7.93. The van der Waals surface area contributed by atoms with Crippen LogP contribution in [0.15, 0.2) is 109 Å². The van der Waals surface area contributed by atoms with Crippen molar-refractivity contribution in [3.63, 3.8) is 0 Å². The Labute approximate surface area is 289 Å². The van der Waals surface area contributed by atoms with Crippen molar-refractivity contribution < 1.29 is 33.8 Å². The number of benzene rings is 4. The van der Waals surface area contributed by atoms with Crippen LogP contribution in [-0.4, -0.2) is 52.4 Å². The highest BCUT2D eigenvalue weighted by Gasteiger charge is 2.37. The Balaban J connectivity index is 1.44. The Morgan fingerprint density at radius 3 is 2.26 bits per heavy atom. The van der Waals surface area contributed by atoms with E-state index in [0.29, 0.717) is 17.7 Å². The van der Waals surface area contributed by atoms with Gasteiger partial charge >= 0.3 is 11.7 Å². The summed E-state index contributed by atoms with van der Waals surface area (Å²) >= 11 is 0. The van der Waals surface area contributed by atoms with E-state index in [4.69, 9.17) is 14.2 Å². The predicted molar refractivity (Wildman–Crippen MR) is 186 cm³/mol. The Hall–Kier alpha value is -6.08. The number of nitro benzene ring substituents is 1. The number of aliphatic hydroxyl groups excluding tert-OH is 1.